The van der Waals surface area contributed by atoms with Crippen LogP contribution in [-0.4, -0.2) is 38.5 Å². The van der Waals surface area contributed by atoms with Crippen LogP contribution in [0.5, 0.6) is 0 Å². The van der Waals surface area contributed by atoms with Crippen molar-refractivity contribution in [2.45, 2.75) is 31.7 Å². The van der Waals surface area contributed by atoms with Gasteiger partial charge in [0.15, 0.2) is 22.9 Å². The number of nitrogens with one attached hydrogen (secondary N) is 1. The number of ether oxygens (including phenoxy) is 1. The molecule has 0 atom stereocenters. The van der Waals surface area contributed by atoms with Crippen LogP contribution in [0.15, 0.2) is 35.2 Å². The maximum Gasteiger partial charge on any atom is 0.292 e. The molecule has 1 aliphatic rings. The van der Waals surface area contributed by atoms with Crippen LogP contribution in [0.25, 0.3) is 33.5 Å². The molecule has 0 bridgehead atoms. The largest absolute Gasteiger partial charge is 0.471 e. The van der Waals surface area contributed by atoms with E-state index in [1.807, 2.05) is 22.3 Å². The van der Waals surface area contributed by atoms with Gasteiger partial charge in [0.25, 0.3) is 6.47 Å². The molecule has 8 nitrogen and oxygen atoms in total. The molecule has 4 heterocycles. The minimum atomic E-state index is 0.375. The molecule has 162 valence electrons. The highest BCUT2D eigenvalue weighted by Gasteiger charge is 2.21. The summed E-state index contributed by atoms with van der Waals surface area (Å²) in [7, 11) is 2.86. The van der Waals surface area contributed by atoms with E-state index in [0.29, 0.717) is 28.9 Å². The summed E-state index contributed by atoms with van der Waals surface area (Å²) in [6.07, 6.45) is 10.1. The molecule has 4 aromatic heterocycles. The number of aromatic nitrogens is 4. The fourth-order valence-corrected chi connectivity index (χ4v) is 5.04. The first-order valence-electron chi connectivity index (χ1n) is 9.59. The number of carbonyl (C=O) groups is 1. The van der Waals surface area contributed by atoms with Crippen LogP contribution >= 0.6 is 41.9 Å². The minimum absolute atomic E-state index is 0.375. The average Bonchev–Trinajstić information content (AvgIpc) is 3.53. The van der Waals surface area contributed by atoms with Crippen molar-refractivity contribution in [2.75, 3.05) is 12.4 Å². The van der Waals surface area contributed by atoms with Crippen LogP contribution in [0.4, 0.5) is 5.82 Å². The first-order valence-corrected chi connectivity index (χ1v) is 13.3. The van der Waals surface area contributed by atoms with Gasteiger partial charge in [-0.2, -0.15) is 0 Å². The number of fused-ring (bicyclic) bond motifs is 2. The fraction of sp³-hybridized carbons (Fsp3) is 0.300. The van der Waals surface area contributed by atoms with Crippen molar-refractivity contribution in [1.29, 1.82) is 0 Å². The van der Waals surface area contributed by atoms with E-state index < -0.39 is 0 Å². The van der Waals surface area contributed by atoms with E-state index in [2.05, 4.69) is 36.2 Å². The molecular formula is C20H19ClIN5O3S. The first kappa shape index (κ1) is 22.2. The molecular weight excluding hydrogens is 553 g/mol. The van der Waals surface area contributed by atoms with Crippen LogP contribution in [-0.2, 0) is 9.53 Å². The summed E-state index contributed by atoms with van der Waals surface area (Å²) in [6, 6.07) is 4.22. The Morgan fingerprint density at radius 3 is 2.87 bits per heavy atom. The molecule has 0 radical (unpaired) electrons. The SMILES string of the molecule is COC=O.Clc1cnc2c(c1)c(-c1nc(NC3CCCC3)c3occc3n1)cn2SI. The fourth-order valence-electron chi connectivity index (χ4n) is 3.63. The Bertz CT molecular complexity index is 1210. The predicted molar refractivity (Wildman–Crippen MR) is 132 cm³/mol. The van der Waals surface area contributed by atoms with E-state index in [4.69, 9.17) is 30.8 Å². The summed E-state index contributed by atoms with van der Waals surface area (Å²) >= 11 is 8.44. The van der Waals surface area contributed by atoms with E-state index in [-0.39, 0.29) is 0 Å². The Kier molecular flexibility index (Phi) is 7.18. The van der Waals surface area contributed by atoms with Gasteiger partial charge in [0.1, 0.15) is 5.52 Å². The Morgan fingerprint density at radius 2 is 2.16 bits per heavy atom. The zero-order valence-corrected chi connectivity index (χ0v) is 20.3. The van der Waals surface area contributed by atoms with Crippen LogP contribution < -0.4 is 5.32 Å². The molecule has 0 spiro atoms. The third kappa shape index (κ3) is 4.75. The summed E-state index contributed by atoms with van der Waals surface area (Å²) in [5.41, 5.74) is 3.24. The lowest BCUT2D eigenvalue weighted by atomic mass is 10.2. The Labute approximate surface area is 199 Å². The molecule has 5 rings (SSSR count). The van der Waals surface area contributed by atoms with Crippen molar-refractivity contribution >= 4 is 76.3 Å². The molecule has 4 aromatic rings. The number of hydrogen-bond acceptors (Lipinski definition) is 8. The van der Waals surface area contributed by atoms with Crippen LogP contribution in [0.2, 0.25) is 5.02 Å². The van der Waals surface area contributed by atoms with Crippen molar-refractivity contribution in [3.05, 3.63) is 35.8 Å². The molecule has 1 fully saturated rings. The first-order chi connectivity index (χ1) is 15.1. The summed E-state index contributed by atoms with van der Waals surface area (Å²) < 4.78 is 11.5. The standard InChI is InChI=1S/C18H15ClIN5OS.C2H4O2/c19-10-7-12-13(9-25(27-20)18(12)21-8-10)16-23-14-5-6-26-15(14)17(24-16)22-11-3-1-2-4-11;1-4-2-3/h5-9,11H,1-4H2,(H,22,23,24);2H,1H3. The zero-order valence-electron chi connectivity index (χ0n) is 16.5. The number of pyridine rings is 1. The number of anilines is 1. The van der Waals surface area contributed by atoms with Crippen molar-refractivity contribution < 1.29 is 13.9 Å². The number of rotatable bonds is 5. The van der Waals surface area contributed by atoms with Crippen LogP contribution in [0.1, 0.15) is 25.7 Å². The second-order valence-electron chi connectivity index (χ2n) is 6.95. The molecule has 1 N–H and O–H groups in total. The second kappa shape index (κ2) is 10.0. The number of carbonyl (C=O) groups excluding carboxylic acids is 1. The van der Waals surface area contributed by atoms with Gasteiger partial charge in [-0.05, 0) is 18.9 Å². The number of nitrogens with zero attached hydrogens (tertiary/aromatic N) is 4. The van der Waals surface area contributed by atoms with Gasteiger partial charge in [-0.1, -0.05) is 24.4 Å². The van der Waals surface area contributed by atoms with E-state index in [0.717, 1.165) is 40.8 Å². The molecule has 0 saturated heterocycles. The highest BCUT2D eigenvalue weighted by atomic mass is 127. The quantitative estimate of drug-likeness (QED) is 0.234. The van der Waals surface area contributed by atoms with Gasteiger partial charge >= 0.3 is 0 Å². The second-order valence-corrected chi connectivity index (χ2v) is 9.10. The summed E-state index contributed by atoms with van der Waals surface area (Å²) in [6.45, 7) is 0.375. The highest BCUT2D eigenvalue weighted by Crippen LogP contribution is 2.35. The lowest BCUT2D eigenvalue weighted by Crippen LogP contribution is -2.16. The van der Waals surface area contributed by atoms with Gasteiger partial charge in [0.2, 0.25) is 0 Å². The number of methoxy groups -OCH3 is 1. The monoisotopic (exact) mass is 571 g/mol. The zero-order chi connectivity index (χ0) is 21.8. The van der Waals surface area contributed by atoms with E-state index in [1.54, 1.807) is 21.6 Å². The van der Waals surface area contributed by atoms with Gasteiger partial charge in [0.05, 0.1) is 18.4 Å². The van der Waals surface area contributed by atoms with Crippen LogP contribution in [0.3, 0.4) is 0 Å². The van der Waals surface area contributed by atoms with Crippen LogP contribution in [0, 0.1) is 0 Å². The number of halogens is 2. The average molecular weight is 572 g/mol. The molecule has 1 saturated carbocycles. The van der Waals surface area contributed by atoms with Gasteiger partial charge in [-0.3, -0.25) is 8.77 Å². The molecule has 11 heteroatoms. The van der Waals surface area contributed by atoms with Crippen molar-refractivity contribution in [1.82, 2.24) is 18.9 Å². The lowest BCUT2D eigenvalue weighted by Gasteiger charge is -2.13. The summed E-state index contributed by atoms with van der Waals surface area (Å²) in [4.78, 5) is 23.0. The highest BCUT2D eigenvalue weighted by molar-refractivity contribution is 14.2. The van der Waals surface area contributed by atoms with Crippen molar-refractivity contribution in [3.8, 4) is 11.4 Å². The van der Waals surface area contributed by atoms with E-state index in [1.165, 1.54) is 20.0 Å². The van der Waals surface area contributed by atoms with E-state index in [9.17, 15) is 0 Å². The van der Waals surface area contributed by atoms with Gasteiger partial charge < -0.3 is 14.5 Å². The summed E-state index contributed by atoms with van der Waals surface area (Å²) in [5, 5.41) is 5.08. The van der Waals surface area contributed by atoms with Gasteiger partial charge in [-0.25, -0.2) is 15.0 Å². The van der Waals surface area contributed by atoms with E-state index >= 15 is 0 Å². The smallest absolute Gasteiger partial charge is 0.292 e. The Balaban J connectivity index is 0.000000535. The third-order valence-corrected chi connectivity index (χ3v) is 6.90. The normalized spacial score (nSPS) is 13.9. The molecule has 0 unspecified atom stereocenters. The Morgan fingerprint density at radius 1 is 1.39 bits per heavy atom. The maximum absolute atomic E-state index is 8.95. The number of hydrogen-bond donors (Lipinski definition) is 1. The third-order valence-electron chi connectivity index (χ3n) is 4.99. The molecule has 0 aliphatic heterocycles. The van der Waals surface area contributed by atoms with Crippen molar-refractivity contribution in [2.24, 2.45) is 0 Å². The molecule has 0 aromatic carbocycles. The van der Waals surface area contributed by atoms with Gasteiger partial charge in [-0.15, -0.1) is 0 Å². The predicted octanol–water partition coefficient (Wildman–Crippen LogP) is 5.88. The minimum Gasteiger partial charge on any atom is -0.471 e. The van der Waals surface area contributed by atoms with Gasteiger partial charge in [0, 0.05) is 65.8 Å². The molecule has 0 amide bonds. The Hall–Kier alpha value is -2.05. The molecule has 31 heavy (non-hydrogen) atoms. The van der Waals surface area contributed by atoms with Crippen molar-refractivity contribution in [3.63, 3.8) is 0 Å². The maximum atomic E-state index is 8.95. The summed E-state index contributed by atoms with van der Waals surface area (Å²) in [5.74, 6) is 1.40. The molecule has 1 aliphatic carbocycles. The lowest BCUT2D eigenvalue weighted by molar-refractivity contribution is -0.126. The number of furan rings is 1. The topological polar surface area (TPSA) is 95.1 Å².